The van der Waals surface area contributed by atoms with E-state index in [0.29, 0.717) is 16.6 Å². The van der Waals surface area contributed by atoms with Crippen LogP contribution >= 0.6 is 0 Å². The number of anilines is 1. The predicted octanol–water partition coefficient (Wildman–Crippen LogP) is 1.28. The van der Waals surface area contributed by atoms with Gasteiger partial charge in [0.2, 0.25) is 0 Å². The van der Waals surface area contributed by atoms with E-state index in [9.17, 15) is 4.39 Å². The van der Waals surface area contributed by atoms with Gasteiger partial charge in [-0.25, -0.2) is 4.39 Å². The van der Waals surface area contributed by atoms with Crippen LogP contribution in [-0.2, 0) is 0 Å². The number of nitrogens with one attached hydrogen (secondary N) is 1. The van der Waals surface area contributed by atoms with Crippen LogP contribution in [0.1, 0.15) is 0 Å². The Balaban J connectivity index is 2.96. The minimum Gasteiger partial charge on any atom is -0.397 e. The molecule has 2 aromatic heterocycles. The van der Waals surface area contributed by atoms with Crippen molar-refractivity contribution >= 4 is 16.6 Å². The second-order valence-corrected chi connectivity index (χ2v) is 2.29. The molecule has 0 saturated heterocycles. The fourth-order valence-electron chi connectivity index (χ4n) is 1.07. The highest BCUT2D eigenvalue weighted by Crippen LogP contribution is 2.21. The lowest BCUT2D eigenvalue weighted by Gasteiger charge is -1.91. The van der Waals surface area contributed by atoms with Gasteiger partial charge < -0.3 is 10.7 Å². The molecule has 11 heavy (non-hydrogen) atoms. The quantitative estimate of drug-likeness (QED) is 0.596. The second-order valence-electron chi connectivity index (χ2n) is 2.29. The van der Waals surface area contributed by atoms with Crippen molar-refractivity contribution in [1.29, 1.82) is 0 Å². The summed E-state index contributed by atoms with van der Waals surface area (Å²) in [4.78, 5) is 6.47. The molecule has 2 rings (SSSR count). The minimum atomic E-state index is -0.388. The molecule has 2 heterocycles. The number of nitrogens with zero attached hydrogens (tertiary/aromatic N) is 1. The summed E-state index contributed by atoms with van der Waals surface area (Å²) in [6.07, 6.45) is 4.23. The lowest BCUT2D eigenvalue weighted by molar-refractivity contribution is 0.634. The number of aromatic nitrogens is 2. The largest absolute Gasteiger partial charge is 0.397 e. The van der Waals surface area contributed by atoms with Crippen LogP contribution in [0, 0.1) is 5.82 Å². The van der Waals surface area contributed by atoms with Crippen LogP contribution in [0.5, 0.6) is 0 Å². The number of pyridine rings is 1. The molecule has 0 fully saturated rings. The Labute approximate surface area is 62.0 Å². The Kier molecular flexibility index (Phi) is 1.09. The van der Waals surface area contributed by atoms with Crippen molar-refractivity contribution in [3.63, 3.8) is 0 Å². The topological polar surface area (TPSA) is 54.7 Å². The summed E-state index contributed by atoms with van der Waals surface area (Å²) < 4.78 is 12.9. The maximum atomic E-state index is 12.9. The summed E-state index contributed by atoms with van der Waals surface area (Å²) in [5, 5.41) is 0.417. The fourth-order valence-corrected chi connectivity index (χ4v) is 1.07. The smallest absolute Gasteiger partial charge is 0.152 e. The molecule has 0 aliphatic rings. The van der Waals surface area contributed by atoms with Crippen molar-refractivity contribution in [2.45, 2.75) is 0 Å². The van der Waals surface area contributed by atoms with Gasteiger partial charge in [-0.3, -0.25) is 4.98 Å². The van der Waals surface area contributed by atoms with Crippen molar-refractivity contribution in [2.24, 2.45) is 0 Å². The number of fused-ring (bicyclic) bond motifs is 1. The molecule has 3 N–H and O–H groups in total. The van der Waals surface area contributed by atoms with Gasteiger partial charge in [0.15, 0.2) is 5.82 Å². The van der Waals surface area contributed by atoms with E-state index in [2.05, 4.69) is 9.97 Å². The Morgan fingerprint density at radius 2 is 2.27 bits per heavy atom. The number of H-pyrrole nitrogens is 1. The van der Waals surface area contributed by atoms with Crippen LogP contribution in [0.25, 0.3) is 10.9 Å². The zero-order chi connectivity index (χ0) is 7.84. The van der Waals surface area contributed by atoms with Gasteiger partial charge in [-0.2, -0.15) is 0 Å². The monoisotopic (exact) mass is 151 g/mol. The second kappa shape index (κ2) is 1.95. The standard InChI is InChI=1S/C7H6FN3/c8-4-1-10-3-6-7(4)5(9)2-11-6/h1-3,11H,9H2. The molecule has 4 heteroatoms. The first-order chi connectivity index (χ1) is 5.29. The normalized spacial score (nSPS) is 10.6. The first-order valence-electron chi connectivity index (χ1n) is 3.15. The molecule has 56 valence electrons. The lowest BCUT2D eigenvalue weighted by Crippen LogP contribution is -1.84. The van der Waals surface area contributed by atoms with E-state index in [0.717, 1.165) is 6.20 Å². The van der Waals surface area contributed by atoms with Gasteiger partial charge in [0.25, 0.3) is 0 Å². The SMILES string of the molecule is Nc1c[nH]c2cncc(F)c12. The van der Waals surface area contributed by atoms with Crippen LogP contribution in [-0.4, -0.2) is 9.97 Å². The van der Waals surface area contributed by atoms with Crippen LogP contribution < -0.4 is 5.73 Å². The van der Waals surface area contributed by atoms with Crippen molar-refractivity contribution in [3.8, 4) is 0 Å². The maximum Gasteiger partial charge on any atom is 0.152 e. The van der Waals surface area contributed by atoms with E-state index in [1.807, 2.05) is 0 Å². The first kappa shape index (κ1) is 6.15. The summed E-state index contributed by atoms with van der Waals surface area (Å²) in [5.74, 6) is -0.388. The van der Waals surface area contributed by atoms with E-state index in [4.69, 9.17) is 5.73 Å². The van der Waals surface area contributed by atoms with Crippen molar-refractivity contribution < 1.29 is 4.39 Å². The van der Waals surface area contributed by atoms with E-state index in [1.165, 1.54) is 6.20 Å². The molecule has 0 aliphatic heterocycles. The van der Waals surface area contributed by atoms with Crippen molar-refractivity contribution in [3.05, 3.63) is 24.4 Å². The number of nitrogens with two attached hydrogens (primary N) is 1. The third kappa shape index (κ3) is 0.756. The van der Waals surface area contributed by atoms with E-state index >= 15 is 0 Å². The van der Waals surface area contributed by atoms with Crippen molar-refractivity contribution in [1.82, 2.24) is 9.97 Å². The molecule has 0 spiro atoms. The summed E-state index contributed by atoms with van der Waals surface area (Å²) in [5.41, 5.74) is 6.52. The zero-order valence-corrected chi connectivity index (χ0v) is 5.63. The van der Waals surface area contributed by atoms with E-state index in [1.54, 1.807) is 6.20 Å². The number of rotatable bonds is 0. The first-order valence-corrected chi connectivity index (χ1v) is 3.15. The molecule has 0 saturated carbocycles. The molecule has 0 radical (unpaired) electrons. The van der Waals surface area contributed by atoms with Crippen LogP contribution in [0.15, 0.2) is 18.6 Å². The molecule has 0 unspecified atom stereocenters. The molecule has 2 aromatic rings. The molecular weight excluding hydrogens is 145 g/mol. The predicted molar refractivity (Wildman–Crippen MR) is 40.5 cm³/mol. The highest BCUT2D eigenvalue weighted by Gasteiger charge is 2.04. The molecule has 0 atom stereocenters. The Bertz CT molecular complexity index is 393. The number of hydrogen-bond acceptors (Lipinski definition) is 2. The number of halogens is 1. The van der Waals surface area contributed by atoms with Gasteiger partial charge in [-0.1, -0.05) is 0 Å². The maximum absolute atomic E-state index is 12.9. The third-order valence-corrected chi connectivity index (χ3v) is 1.57. The number of nitrogen functional groups attached to an aromatic ring is 1. The number of aromatic amines is 1. The van der Waals surface area contributed by atoms with E-state index < -0.39 is 0 Å². The van der Waals surface area contributed by atoms with Crippen molar-refractivity contribution in [2.75, 3.05) is 5.73 Å². The highest BCUT2D eigenvalue weighted by molar-refractivity contribution is 5.90. The Hall–Kier alpha value is -1.58. The summed E-state index contributed by atoms with van der Waals surface area (Å²) in [6.45, 7) is 0. The molecule has 0 amide bonds. The Morgan fingerprint density at radius 1 is 1.45 bits per heavy atom. The lowest BCUT2D eigenvalue weighted by atomic mass is 10.3. The molecule has 3 nitrogen and oxygen atoms in total. The van der Waals surface area contributed by atoms with Crippen LogP contribution in [0.2, 0.25) is 0 Å². The summed E-state index contributed by atoms with van der Waals surface area (Å²) in [6, 6.07) is 0. The summed E-state index contributed by atoms with van der Waals surface area (Å²) in [7, 11) is 0. The minimum absolute atomic E-state index is 0.388. The van der Waals surface area contributed by atoms with Crippen LogP contribution in [0.4, 0.5) is 10.1 Å². The molecule has 0 aromatic carbocycles. The van der Waals surface area contributed by atoms with Gasteiger partial charge in [0.1, 0.15) is 0 Å². The van der Waals surface area contributed by atoms with Gasteiger partial charge in [0, 0.05) is 6.20 Å². The average Bonchev–Trinajstić information content (AvgIpc) is 2.34. The fraction of sp³-hybridized carbons (Fsp3) is 0. The third-order valence-electron chi connectivity index (χ3n) is 1.57. The van der Waals surface area contributed by atoms with Gasteiger partial charge in [-0.05, 0) is 0 Å². The molecule has 0 aliphatic carbocycles. The van der Waals surface area contributed by atoms with Gasteiger partial charge in [0.05, 0.1) is 29.0 Å². The average molecular weight is 151 g/mol. The molecule has 0 bridgehead atoms. The van der Waals surface area contributed by atoms with Crippen LogP contribution in [0.3, 0.4) is 0 Å². The Morgan fingerprint density at radius 3 is 3.00 bits per heavy atom. The van der Waals surface area contributed by atoms with Gasteiger partial charge in [-0.15, -0.1) is 0 Å². The van der Waals surface area contributed by atoms with E-state index in [-0.39, 0.29) is 5.82 Å². The highest BCUT2D eigenvalue weighted by atomic mass is 19.1. The van der Waals surface area contributed by atoms with Gasteiger partial charge >= 0.3 is 0 Å². The number of hydrogen-bond donors (Lipinski definition) is 2. The summed E-state index contributed by atoms with van der Waals surface area (Å²) >= 11 is 0. The zero-order valence-electron chi connectivity index (χ0n) is 5.63. The molecular formula is C7H6FN3.